The number of rotatable bonds is 9. The number of aromatic nitrogens is 2. The Bertz CT molecular complexity index is 905. The summed E-state index contributed by atoms with van der Waals surface area (Å²) in [5, 5.41) is 9.84. The van der Waals surface area contributed by atoms with Crippen molar-refractivity contribution in [1.82, 2.24) is 9.55 Å². The van der Waals surface area contributed by atoms with Gasteiger partial charge in [-0.1, -0.05) is 23.7 Å². The van der Waals surface area contributed by atoms with Crippen LogP contribution in [0.4, 0.5) is 0 Å². The van der Waals surface area contributed by atoms with E-state index in [0.717, 1.165) is 49.3 Å². The highest BCUT2D eigenvalue weighted by molar-refractivity contribution is 6.32. The number of nitrogens with zero attached hydrogens (tertiary/aromatic N) is 2. The number of aryl methyl sites for hydroxylation is 4. The van der Waals surface area contributed by atoms with Crippen LogP contribution < -0.4 is 4.74 Å². The first-order valence-electron chi connectivity index (χ1n) is 9.54. The van der Waals surface area contributed by atoms with Crippen molar-refractivity contribution in [3.8, 4) is 5.75 Å². The summed E-state index contributed by atoms with van der Waals surface area (Å²) in [6, 6.07) is 11.9. The third-order valence-electron chi connectivity index (χ3n) is 4.87. The van der Waals surface area contributed by atoms with Crippen LogP contribution in [0, 0.1) is 13.8 Å². The Hall–Kier alpha value is -2.04. The van der Waals surface area contributed by atoms with Crippen LogP contribution in [-0.2, 0) is 13.0 Å². The normalized spacial score (nSPS) is 11.3. The van der Waals surface area contributed by atoms with Gasteiger partial charge >= 0.3 is 0 Å². The molecule has 3 rings (SSSR count). The van der Waals surface area contributed by atoms with E-state index >= 15 is 0 Å². The summed E-state index contributed by atoms with van der Waals surface area (Å²) >= 11 is 6.12. The average Bonchev–Trinajstić information content (AvgIpc) is 2.98. The molecule has 0 saturated carbocycles. The summed E-state index contributed by atoms with van der Waals surface area (Å²) in [6.45, 7) is 5.98. The number of ether oxygens (including phenoxy) is 1. The zero-order valence-electron chi connectivity index (χ0n) is 16.0. The fourth-order valence-electron chi connectivity index (χ4n) is 3.22. The molecule has 0 bridgehead atoms. The molecule has 0 amide bonds. The van der Waals surface area contributed by atoms with Crippen LogP contribution >= 0.6 is 11.6 Å². The Morgan fingerprint density at radius 3 is 2.63 bits per heavy atom. The molecule has 1 N–H and O–H groups in total. The van der Waals surface area contributed by atoms with Crippen LogP contribution in [-0.4, -0.2) is 27.9 Å². The molecule has 0 spiro atoms. The molecule has 0 radical (unpaired) electrons. The SMILES string of the molecule is Cc1cc2nc(CCCO)n(CCCCOc3ccccc3Cl)c2cc1C. The summed E-state index contributed by atoms with van der Waals surface area (Å²) in [7, 11) is 0. The van der Waals surface area contributed by atoms with Gasteiger partial charge in [0.05, 0.1) is 22.7 Å². The number of hydrogen-bond donors (Lipinski definition) is 1. The second kappa shape index (κ2) is 9.25. The fourth-order valence-corrected chi connectivity index (χ4v) is 3.41. The maximum atomic E-state index is 9.19. The Kier molecular flexibility index (Phi) is 6.75. The lowest BCUT2D eigenvalue weighted by Gasteiger charge is -2.11. The van der Waals surface area contributed by atoms with Gasteiger partial charge in [0.1, 0.15) is 11.6 Å². The summed E-state index contributed by atoms with van der Waals surface area (Å²) in [5.41, 5.74) is 4.75. The molecule has 5 heteroatoms. The maximum Gasteiger partial charge on any atom is 0.137 e. The topological polar surface area (TPSA) is 47.3 Å². The van der Waals surface area contributed by atoms with Gasteiger partial charge in [-0.25, -0.2) is 4.98 Å². The quantitative estimate of drug-likeness (QED) is 0.521. The van der Waals surface area contributed by atoms with Crippen LogP contribution in [0.3, 0.4) is 0 Å². The Balaban J connectivity index is 1.65. The monoisotopic (exact) mass is 386 g/mol. The molecular weight excluding hydrogens is 360 g/mol. The van der Waals surface area contributed by atoms with Gasteiger partial charge in [0, 0.05) is 19.6 Å². The van der Waals surface area contributed by atoms with Crippen LogP contribution in [0.5, 0.6) is 5.75 Å². The molecule has 0 atom stereocenters. The third-order valence-corrected chi connectivity index (χ3v) is 5.18. The van der Waals surface area contributed by atoms with Gasteiger partial charge in [-0.15, -0.1) is 0 Å². The molecular formula is C22H27ClN2O2. The van der Waals surface area contributed by atoms with Gasteiger partial charge in [0.15, 0.2) is 0 Å². The molecule has 0 saturated heterocycles. The van der Waals surface area contributed by atoms with E-state index in [1.165, 1.54) is 16.6 Å². The maximum absolute atomic E-state index is 9.19. The van der Waals surface area contributed by atoms with Crippen molar-refractivity contribution in [1.29, 1.82) is 0 Å². The number of unbranched alkanes of at least 4 members (excludes halogenated alkanes) is 1. The Morgan fingerprint density at radius 2 is 1.85 bits per heavy atom. The molecule has 2 aromatic carbocycles. The number of halogens is 1. The molecule has 1 aromatic heterocycles. The summed E-state index contributed by atoms with van der Waals surface area (Å²) in [6.07, 6.45) is 3.46. The number of imidazole rings is 1. The predicted molar refractivity (Wildman–Crippen MR) is 111 cm³/mol. The molecule has 0 aliphatic rings. The minimum absolute atomic E-state index is 0.187. The number of aliphatic hydroxyl groups is 1. The molecule has 3 aromatic rings. The molecule has 4 nitrogen and oxygen atoms in total. The van der Waals surface area contributed by atoms with Gasteiger partial charge in [0.2, 0.25) is 0 Å². The minimum Gasteiger partial charge on any atom is -0.492 e. The van der Waals surface area contributed by atoms with E-state index in [2.05, 4.69) is 30.5 Å². The molecule has 0 aliphatic carbocycles. The summed E-state index contributed by atoms with van der Waals surface area (Å²) < 4.78 is 8.08. The first kappa shape index (κ1) is 19.7. The van der Waals surface area contributed by atoms with Crippen LogP contribution in [0.1, 0.15) is 36.2 Å². The molecule has 27 heavy (non-hydrogen) atoms. The van der Waals surface area contributed by atoms with Crippen molar-refractivity contribution in [2.75, 3.05) is 13.2 Å². The number of fused-ring (bicyclic) bond motifs is 1. The minimum atomic E-state index is 0.187. The van der Waals surface area contributed by atoms with E-state index in [0.29, 0.717) is 11.6 Å². The zero-order valence-corrected chi connectivity index (χ0v) is 16.8. The van der Waals surface area contributed by atoms with Crippen LogP contribution in [0.2, 0.25) is 5.02 Å². The smallest absolute Gasteiger partial charge is 0.137 e. The van der Waals surface area contributed by atoms with Gasteiger partial charge in [-0.2, -0.15) is 0 Å². The predicted octanol–water partition coefficient (Wildman–Crippen LogP) is 5.09. The number of benzene rings is 2. The number of para-hydroxylation sites is 1. The van der Waals surface area contributed by atoms with E-state index in [4.69, 9.17) is 21.3 Å². The average molecular weight is 387 g/mol. The highest BCUT2D eigenvalue weighted by Gasteiger charge is 2.12. The van der Waals surface area contributed by atoms with Gasteiger partial charge < -0.3 is 14.4 Å². The zero-order chi connectivity index (χ0) is 19.2. The highest BCUT2D eigenvalue weighted by Crippen LogP contribution is 2.24. The molecule has 1 heterocycles. The van der Waals surface area contributed by atoms with E-state index < -0.39 is 0 Å². The van der Waals surface area contributed by atoms with E-state index in [9.17, 15) is 5.11 Å². The first-order chi connectivity index (χ1) is 13.1. The summed E-state index contributed by atoms with van der Waals surface area (Å²) in [5.74, 6) is 1.79. The Morgan fingerprint density at radius 1 is 1.07 bits per heavy atom. The van der Waals surface area contributed by atoms with Gasteiger partial charge in [-0.3, -0.25) is 0 Å². The van der Waals surface area contributed by atoms with E-state index in [-0.39, 0.29) is 6.61 Å². The van der Waals surface area contributed by atoms with Crippen molar-refractivity contribution in [3.05, 3.63) is 58.4 Å². The van der Waals surface area contributed by atoms with Gasteiger partial charge in [-0.05, 0) is 68.5 Å². The number of hydrogen-bond acceptors (Lipinski definition) is 3. The third kappa shape index (κ3) is 4.82. The standard InChI is InChI=1S/C22H27ClN2O2/c1-16-14-19-20(15-17(16)2)25(22(24-19)10-7-12-26)11-5-6-13-27-21-9-4-3-8-18(21)23/h3-4,8-9,14-15,26H,5-7,10-13H2,1-2H3. The van der Waals surface area contributed by atoms with Crippen molar-refractivity contribution < 1.29 is 9.84 Å². The molecule has 144 valence electrons. The second-order valence-electron chi connectivity index (χ2n) is 6.92. The lowest BCUT2D eigenvalue weighted by Crippen LogP contribution is -2.07. The molecule has 0 unspecified atom stereocenters. The van der Waals surface area contributed by atoms with Crippen molar-refractivity contribution >= 4 is 22.6 Å². The largest absolute Gasteiger partial charge is 0.492 e. The number of aliphatic hydroxyl groups excluding tert-OH is 1. The van der Waals surface area contributed by atoms with Crippen molar-refractivity contribution in [2.45, 2.75) is 46.1 Å². The fraction of sp³-hybridized carbons (Fsp3) is 0.409. The van der Waals surface area contributed by atoms with Crippen LogP contribution in [0.15, 0.2) is 36.4 Å². The Labute approximate surface area is 165 Å². The summed E-state index contributed by atoms with van der Waals surface area (Å²) in [4.78, 5) is 4.81. The lowest BCUT2D eigenvalue weighted by molar-refractivity contribution is 0.286. The molecule has 0 fully saturated rings. The lowest BCUT2D eigenvalue weighted by atomic mass is 10.1. The second-order valence-corrected chi connectivity index (χ2v) is 7.33. The molecule has 0 aliphatic heterocycles. The van der Waals surface area contributed by atoms with Gasteiger partial charge in [0.25, 0.3) is 0 Å². The van der Waals surface area contributed by atoms with Crippen molar-refractivity contribution in [3.63, 3.8) is 0 Å². The van der Waals surface area contributed by atoms with Crippen LogP contribution in [0.25, 0.3) is 11.0 Å². The van der Waals surface area contributed by atoms with E-state index in [1.54, 1.807) is 0 Å². The van der Waals surface area contributed by atoms with Crippen molar-refractivity contribution in [2.24, 2.45) is 0 Å². The highest BCUT2D eigenvalue weighted by atomic mass is 35.5. The van der Waals surface area contributed by atoms with E-state index in [1.807, 2.05) is 24.3 Å². The first-order valence-corrected chi connectivity index (χ1v) is 9.92.